The lowest BCUT2D eigenvalue weighted by atomic mass is 9.33. The molecule has 0 atom stereocenters. The number of benzene rings is 5. The molecule has 2 aliphatic rings. The van der Waals surface area contributed by atoms with Gasteiger partial charge in [0, 0.05) is 46.5 Å². The molecule has 4 heterocycles. The Morgan fingerprint density at radius 2 is 0.918 bits per heavy atom. The lowest BCUT2D eigenvalue weighted by molar-refractivity contribution is 0.590. The zero-order chi connectivity index (χ0) is 33.1. The third-order valence-electron chi connectivity index (χ3n) is 9.88. The Bertz CT molecular complexity index is 2160. The van der Waals surface area contributed by atoms with E-state index in [0.717, 1.165) is 33.9 Å². The summed E-state index contributed by atoms with van der Waals surface area (Å²) in [5.74, 6) is 0. The van der Waals surface area contributed by atoms with Crippen LogP contribution in [-0.2, 0) is 5.41 Å². The maximum atomic E-state index is 4.76. The Morgan fingerprint density at radius 1 is 0.469 bits per heavy atom. The van der Waals surface area contributed by atoms with Crippen LogP contribution in [-0.4, -0.2) is 16.7 Å². The van der Waals surface area contributed by atoms with E-state index in [4.69, 9.17) is 9.97 Å². The quantitative estimate of drug-likeness (QED) is 0.182. The molecule has 0 bridgehead atoms. The molecule has 4 nitrogen and oxygen atoms in total. The third kappa shape index (κ3) is 4.84. The van der Waals surface area contributed by atoms with Gasteiger partial charge in [-0.3, -0.25) is 9.97 Å². The first kappa shape index (κ1) is 29.2. The Balaban J connectivity index is 1.41. The van der Waals surface area contributed by atoms with Crippen LogP contribution in [0.2, 0.25) is 0 Å². The van der Waals surface area contributed by atoms with Gasteiger partial charge >= 0.3 is 0 Å². The van der Waals surface area contributed by atoms with Gasteiger partial charge in [-0.2, -0.15) is 0 Å². The van der Waals surface area contributed by atoms with E-state index < -0.39 is 0 Å². The SMILES string of the molecule is CC(C)(C)c1cc2c3c(c1)N(c1ccccc1)c1ccc(-c4ccccn4)cc1B3c1cc(-c3ccccn3)ccc1N2c1ccccc1. The van der Waals surface area contributed by atoms with Gasteiger partial charge < -0.3 is 9.80 Å². The van der Waals surface area contributed by atoms with E-state index in [1.165, 1.54) is 44.7 Å². The first-order valence-electron chi connectivity index (χ1n) is 17.0. The van der Waals surface area contributed by atoms with E-state index >= 15 is 0 Å². The first-order valence-corrected chi connectivity index (χ1v) is 17.0. The molecule has 0 saturated heterocycles. The number of anilines is 6. The summed E-state index contributed by atoms with van der Waals surface area (Å²) >= 11 is 0. The minimum absolute atomic E-state index is 0.0173. The van der Waals surface area contributed by atoms with Crippen molar-refractivity contribution in [3.8, 4) is 22.5 Å². The number of fused-ring (bicyclic) bond motifs is 4. The van der Waals surface area contributed by atoms with Crippen LogP contribution < -0.4 is 26.2 Å². The highest BCUT2D eigenvalue weighted by atomic mass is 15.2. The molecule has 5 heteroatoms. The maximum Gasteiger partial charge on any atom is 0.252 e. The minimum Gasteiger partial charge on any atom is -0.311 e. The molecule has 0 N–H and O–H groups in total. The summed E-state index contributed by atoms with van der Waals surface area (Å²) in [6, 6.07) is 52.5. The zero-order valence-electron chi connectivity index (χ0n) is 27.9. The zero-order valence-corrected chi connectivity index (χ0v) is 27.9. The van der Waals surface area contributed by atoms with Crippen molar-refractivity contribution >= 4 is 57.2 Å². The van der Waals surface area contributed by atoms with Crippen LogP contribution in [0, 0.1) is 0 Å². The number of rotatable bonds is 4. The Labute approximate surface area is 288 Å². The summed E-state index contributed by atoms with van der Waals surface area (Å²) in [5, 5.41) is 0. The van der Waals surface area contributed by atoms with Crippen LogP contribution in [0.5, 0.6) is 0 Å². The van der Waals surface area contributed by atoms with E-state index in [0.29, 0.717) is 0 Å². The van der Waals surface area contributed by atoms with Gasteiger partial charge in [-0.25, -0.2) is 0 Å². The predicted molar refractivity (Wildman–Crippen MR) is 206 cm³/mol. The molecular formula is C44H35BN4. The van der Waals surface area contributed by atoms with Gasteiger partial charge in [0.1, 0.15) is 0 Å². The van der Waals surface area contributed by atoms with E-state index in [2.05, 4.69) is 164 Å². The van der Waals surface area contributed by atoms with Crippen molar-refractivity contribution in [1.29, 1.82) is 0 Å². The van der Waals surface area contributed by atoms with E-state index in [9.17, 15) is 0 Å². The van der Waals surface area contributed by atoms with Crippen molar-refractivity contribution in [2.75, 3.05) is 9.80 Å². The molecule has 0 unspecified atom stereocenters. The van der Waals surface area contributed by atoms with Crippen LogP contribution in [0.4, 0.5) is 34.1 Å². The number of hydrogen-bond donors (Lipinski definition) is 0. The fraction of sp³-hybridized carbons (Fsp3) is 0.0909. The average Bonchev–Trinajstić information content (AvgIpc) is 3.15. The molecule has 0 fully saturated rings. The topological polar surface area (TPSA) is 32.3 Å². The summed E-state index contributed by atoms with van der Waals surface area (Å²) in [4.78, 5) is 14.5. The number of pyridine rings is 2. The van der Waals surface area contributed by atoms with Gasteiger partial charge in [0.05, 0.1) is 11.4 Å². The summed E-state index contributed by atoms with van der Waals surface area (Å²) in [7, 11) is 0. The standard InChI is InChI=1S/C44H35BN4/c1-44(2,3)32-28-41-43-42(29-32)49(34-16-8-5-9-17-34)40-23-21-31(38-19-11-13-25-47-38)27-36(40)45(43)35-26-30(37-18-10-12-24-46-37)20-22-39(35)48(41)33-14-6-4-7-15-33/h4-29H,1-3H3. The first-order chi connectivity index (χ1) is 24.0. The largest absolute Gasteiger partial charge is 0.311 e. The van der Waals surface area contributed by atoms with Gasteiger partial charge in [0.15, 0.2) is 0 Å². The van der Waals surface area contributed by atoms with Gasteiger partial charge in [0.2, 0.25) is 0 Å². The minimum atomic E-state index is -0.0715. The average molecular weight is 631 g/mol. The highest BCUT2D eigenvalue weighted by Gasteiger charge is 2.44. The van der Waals surface area contributed by atoms with Gasteiger partial charge in [-0.15, -0.1) is 0 Å². The van der Waals surface area contributed by atoms with E-state index in [1.807, 2.05) is 24.5 Å². The summed E-state index contributed by atoms with van der Waals surface area (Å²) in [5.41, 5.74) is 16.3. The summed E-state index contributed by atoms with van der Waals surface area (Å²) in [6.07, 6.45) is 3.75. The van der Waals surface area contributed by atoms with Crippen molar-refractivity contribution in [2.45, 2.75) is 26.2 Å². The predicted octanol–water partition coefficient (Wildman–Crippen LogP) is 9.19. The van der Waals surface area contributed by atoms with Crippen LogP contribution in [0.25, 0.3) is 22.5 Å². The van der Waals surface area contributed by atoms with Crippen molar-refractivity contribution < 1.29 is 0 Å². The molecule has 0 saturated carbocycles. The molecule has 0 aliphatic carbocycles. The van der Waals surface area contributed by atoms with E-state index in [1.54, 1.807) is 0 Å². The fourth-order valence-electron chi connectivity index (χ4n) is 7.53. The Hall–Kier alpha value is -5.94. The number of para-hydroxylation sites is 2. The molecule has 234 valence electrons. The molecule has 5 aromatic carbocycles. The number of hydrogen-bond acceptors (Lipinski definition) is 4. The normalized spacial score (nSPS) is 13.1. The molecule has 0 spiro atoms. The Kier molecular flexibility index (Phi) is 6.77. The lowest BCUT2D eigenvalue weighted by Crippen LogP contribution is -2.61. The second kappa shape index (κ2) is 11.3. The molecule has 0 amide bonds. The highest BCUT2D eigenvalue weighted by molar-refractivity contribution is 7.00. The third-order valence-corrected chi connectivity index (χ3v) is 9.88. The van der Waals surface area contributed by atoms with Crippen molar-refractivity contribution in [1.82, 2.24) is 9.97 Å². The van der Waals surface area contributed by atoms with Crippen LogP contribution in [0.3, 0.4) is 0 Å². The monoisotopic (exact) mass is 630 g/mol. The second-order valence-electron chi connectivity index (χ2n) is 13.9. The number of aromatic nitrogens is 2. The van der Waals surface area contributed by atoms with Crippen molar-refractivity contribution in [3.05, 3.63) is 164 Å². The molecule has 49 heavy (non-hydrogen) atoms. The lowest BCUT2D eigenvalue weighted by Gasteiger charge is -2.45. The molecule has 9 rings (SSSR count). The molecular weight excluding hydrogens is 595 g/mol. The summed E-state index contributed by atoms with van der Waals surface area (Å²) in [6.45, 7) is 6.91. The second-order valence-corrected chi connectivity index (χ2v) is 13.9. The van der Waals surface area contributed by atoms with E-state index in [-0.39, 0.29) is 12.1 Å². The Morgan fingerprint density at radius 3 is 1.33 bits per heavy atom. The highest BCUT2D eigenvalue weighted by Crippen LogP contribution is 2.46. The molecule has 2 aliphatic heterocycles. The molecule has 7 aromatic rings. The molecule has 0 radical (unpaired) electrons. The van der Waals surface area contributed by atoms with Gasteiger partial charge in [-0.05, 0) is 111 Å². The summed E-state index contributed by atoms with van der Waals surface area (Å²) < 4.78 is 0. The fourth-order valence-corrected chi connectivity index (χ4v) is 7.53. The van der Waals surface area contributed by atoms with Crippen LogP contribution in [0.1, 0.15) is 26.3 Å². The van der Waals surface area contributed by atoms with Crippen molar-refractivity contribution in [3.63, 3.8) is 0 Å². The van der Waals surface area contributed by atoms with Gasteiger partial charge in [0.25, 0.3) is 6.71 Å². The van der Waals surface area contributed by atoms with Crippen LogP contribution >= 0.6 is 0 Å². The smallest absolute Gasteiger partial charge is 0.252 e. The number of nitrogens with zero attached hydrogens (tertiary/aromatic N) is 4. The van der Waals surface area contributed by atoms with Gasteiger partial charge in [-0.1, -0.05) is 93.6 Å². The van der Waals surface area contributed by atoms with Crippen molar-refractivity contribution in [2.24, 2.45) is 0 Å². The van der Waals surface area contributed by atoms with Crippen LogP contribution in [0.15, 0.2) is 158 Å². The maximum absolute atomic E-state index is 4.76. The molecule has 2 aromatic heterocycles.